The van der Waals surface area contributed by atoms with E-state index in [1.54, 1.807) is 28.4 Å². The first-order valence-corrected chi connectivity index (χ1v) is 9.68. The third-order valence-electron chi connectivity index (χ3n) is 2.96. The summed E-state index contributed by atoms with van der Waals surface area (Å²) in [6, 6.07) is 1.75. The maximum atomic E-state index is 5.51. The molecule has 0 bridgehead atoms. The fourth-order valence-corrected chi connectivity index (χ4v) is 6.04. The van der Waals surface area contributed by atoms with Gasteiger partial charge < -0.3 is 17.7 Å². The minimum absolute atomic E-state index is 0.873. The molecule has 0 heterocycles. The van der Waals surface area contributed by atoms with Crippen molar-refractivity contribution in [2.75, 3.05) is 28.4 Å². The van der Waals surface area contributed by atoms with E-state index in [2.05, 4.69) is 13.8 Å². The molecule has 0 atom stereocenters. The van der Waals surface area contributed by atoms with E-state index < -0.39 is 17.1 Å². The second-order valence-electron chi connectivity index (χ2n) is 3.48. The van der Waals surface area contributed by atoms with Crippen LogP contribution in [0.25, 0.3) is 0 Å². The van der Waals surface area contributed by atoms with Gasteiger partial charge in [-0.25, -0.2) is 0 Å². The number of hydrogen-bond donors (Lipinski definition) is 0. The predicted octanol–water partition coefficient (Wildman–Crippen LogP) is 2.13. The molecule has 6 heteroatoms. The first kappa shape index (κ1) is 16.0. The molecule has 0 fully saturated rings. The van der Waals surface area contributed by atoms with Crippen molar-refractivity contribution in [1.82, 2.24) is 0 Å². The Morgan fingerprint density at radius 1 is 0.688 bits per heavy atom. The van der Waals surface area contributed by atoms with Gasteiger partial charge in [-0.05, 0) is 23.5 Å². The molecule has 0 aliphatic rings. The normalized spacial score (nSPS) is 13.6. The predicted molar refractivity (Wildman–Crippen MR) is 69.6 cm³/mol. The molecule has 0 aromatic rings. The van der Waals surface area contributed by atoms with Crippen LogP contribution >= 0.6 is 0 Å². The molecule has 0 aromatic heterocycles. The molecule has 0 aliphatic carbocycles. The quantitative estimate of drug-likeness (QED) is 0.629. The molecular formula is C10H24O4Si2. The van der Waals surface area contributed by atoms with Crippen LogP contribution in [0.2, 0.25) is 12.1 Å². The van der Waals surface area contributed by atoms with Crippen LogP contribution < -0.4 is 0 Å². The van der Waals surface area contributed by atoms with Gasteiger partial charge in [0.2, 0.25) is 0 Å². The Bertz CT molecular complexity index is 174. The lowest BCUT2D eigenvalue weighted by molar-refractivity contribution is 0.252. The zero-order valence-electron chi connectivity index (χ0n) is 11.2. The van der Waals surface area contributed by atoms with E-state index in [9.17, 15) is 0 Å². The molecule has 0 aromatic carbocycles. The minimum atomic E-state index is -2.18. The summed E-state index contributed by atoms with van der Waals surface area (Å²) in [4.78, 5) is 0. The van der Waals surface area contributed by atoms with Gasteiger partial charge in [-0.1, -0.05) is 13.8 Å². The molecule has 96 valence electrons. The van der Waals surface area contributed by atoms with Gasteiger partial charge in [0.1, 0.15) is 0 Å². The zero-order valence-corrected chi connectivity index (χ0v) is 13.2. The van der Waals surface area contributed by atoms with Gasteiger partial charge in [0.15, 0.2) is 0 Å². The Morgan fingerprint density at radius 3 is 1.06 bits per heavy atom. The topological polar surface area (TPSA) is 36.9 Å². The highest BCUT2D eigenvalue weighted by atomic mass is 28.4. The molecule has 16 heavy (non-hydrogen) atoms. The van der Waals surface area contributed by atoms with Crippen molar-refractivity contribution in [3.63, 3.8) is 0 Å². The van der Waals surface area contributed by atoms with Crippen LogP contribution in [0.1, 0.15) is 13.8 Å². The van der Waals surface area contributed by atoms with Gasteiger partial charge in [-0.15, -0.1) is 0 Å². The summed E-state index contributed by atoms with van der Waals surface area (Å²) < 4.78 is 22.0. The van der Waals surface area contributed by atoms with Crippen LogP contribution in [0, 0.1) is 0 Å². The fourth-order valence-electron chi connectivity index (χ4n) is 1.51. The summed E-state index contributed by atoms with van der Waals surface area (Å²) in [5.74, 6) is 0. The van der Waals surface area contributed by atoms with Gasteiger partial charge in [0.05, 0.1) is 0 Å². The largest absolute Gasteiger partial charge is 0.395 e. The maximum absolute atomic E-state index is 5.51. The molecule has 0 radical (unpaired) electrons. The van der Waals surface area contributed by atoms with E-state index in [1.165, 1.54) is 0 Å². The van der Waals surface area contributed by atoms with E-state index in [4.69, 9.17) is 17.7 Å². The molecule has 0 aliphatic heterocycles. The van der Waals surface area contributed by atoms with E-state index in [0.29, 0.717) is 0 Å². The molecule has 0 unspecified atom stereocenters. The lowest BCUT2D eigenvalue weighted by Crippen LogP contribution is -2.42. The average molecular weight is 264 g/mol. The molecular weight excluding hydrogens is 240 g/mol. The Hall–Kier alpha value is 0.0138. The minimum Gasteiger partial charge on any atom is -0.395 e. The van der Waals surface area contributed by atoms with Crippen molar-refractivity contribution in [3.05, 3.63) is 11.4 Å². The highest BCUT2D eigenvalue weighted by molar-refractivity contribution is 6.78. The first-order chi connectivity index (χ1) is 7.57. The summed E-state index contributed by atoms with van der Waals surface area (Å²) in [5, 5.41) is 0. The summed E-state index contributed by atoms with van der Waals surface area (Å²) >= 11 is 0. The highest BCUT2D eigenvalue weighted by Crippen LogP contribution is 2.18. The Kier molecular flexibility index (Phi) is 7.37. The second-order valence-corrected chi connectivity index (χ2v) is 10.4. The molecule has 0 N–H and O–H groups in total. The van der Waals surface area contributed by atoms with Crippen LogP contribution in [0.3, 0.4) is 0 Å². The van der Waals surface area contributed by atoms with Crippen LogP contribution in [0.4, 0.5) is 0 Å². The molecule has 0 saturated heterocycles. The van der Waals surface area contributed by atoms with Crippen LogP contribution in [0.5, 0.6) is 0 Å². The number of hydrogen-bond acceptors (Lipinski definition) is 4. The SMILES string of the molecule is CC[Si](C=C[Si](CC)(OC)OC)(OC)OC. The number of rotatable bonds is 8. The Balaban J connectivity index is 4.88. The van der Waals surface area contributed by atoms with E-state index in [0.717, 1.165) is 12.1 Å². The third-order valence-corrected chi connectivity index (χ3v) is 9.38. The summed E-state index contributed by atoms with van der Waals surface area (Å²) in [6.45, 7) is 4.14. The molecule has 0 rings (SSSR count). The fraction of sp³-hybridized carbons (Fsp3) is 0.800. The van der Waals surface area contributed by atoms with Crippen molar-refractivity contribution in [1.29, 1.82) is 0 Å². The summed E-state index contributed by atoms with van der Waals surface area (Å²) in [5.41, 5.74) is 4.07. The van der Waals surface area contributed by atoms with Crippen LogP contribution in [-0.2, 0) is 17.7 Å². The van der Waals surface area contributed by atoms with Crippen molar-refractivity contribution in [3.8, 4) is 0 Å². The van der Waals surface area contributed by atoms with Gasteiger partial charge in [0.25, 0.3) is 0 Å². The Labute approximate surface area is 101 Å². The zero-order chi connectivity index (χ0) is 12.7. The van der Waals surface area contributed by atoms with Gasteiger partial charge >= 0.3 is 17.1 Å². The maximum Gasteiger partial charge on any atom is 0.363 e. The van der Waals surface area contributed by atoms with Gasteiger partial charge in [-0.2, -0.15) is 0 Å². The lowest BCUT2D eigenvalue weighted by atomic mass is 11.0. The van der Waals surface area contributed by atoms with Crippen LogP contribution in [0.15, 0.2) is 11.4 Å². The second kappa shape index (κ2) is 7.36. The molecule has 0 amide bonds. The average Bonchev–Trinajstić information content (AvgIpc) is 2.37. The van der Waals surface area contributed by atoms with E-state index >= 15 is 0 Å². The van der Waals surface area contributed by atoms with Crippen molar-refractivity contribution < 1.29 is 17.7 Å². The van der Waals surface area contributed by atoms with Crippen molar-refractivity contribution in [2.24, 2.45) is 0 Å². The third kappa shape index (κ3) is 3.79. The summed E-state index contributed by atoms with van der Waals surface area (Å²) in [6.07, 6.45) is 0. The molecule has 0 saturated carbocycles. The Morgan fingerprint density at radius 2 is 0.938 bits per heavy atom. The lowest BCUT2D eigenvalue weighted by Gasteiger charge is -2.26. The van der Waals surface area contributed by atoms with Gasteiger partial charge in [0, 0.05) is 28.4 Å². The van der Waals surface area contributed by atoms with Gasteiger partial charge in [-0.3, -0.25) is 0 Å². The van der Waals surface area contributed by atoms with E-state index in [-0.39, 0.29) is 0 Å². The summed E-state index contributed by atoms with van der Waals surface area (Å²) in [7, 11) is 2.41. The highest BCUT2D eigenvalue weighted by Gasteiger charge is 2.35. The van der Waals surface area contributed by atoms with Crippen molar-refractivity contribution in [2.45, 2.75) is 25.9 Å². The molecule has 4 nitrogen and oxygen atoms in total. The molecule has 0 spiro atoms. The first-order valence-electron chi connectivity index (χ1n) is 5.48. The van der Waals surface area contributed by atoms with E-state index in [1.807, 2.05) is 11.4 Å². The van der Waals surface area contributed by atoms with Crippen LogP contribution in [-0.4, -0.2) is 45.6 Å². The smallest absolute Gasteiger partial charge is 0.363 e. The monoisotopic (exact) mass is 264 g/mol. The standard InChI is InChI=1S/C10H24O4Si2/c1-7-15(11-3,12-4)9-10-16(8-2,13-5)14-6/h9-10H,7-8H2,1-6H3. The van der Waals surface area contributed by atoms with Crippen molar-refractivity contribution >= 4 is 17.1 Å².